The number of ether oxygens (including phenoxy) is 2. The van der Waals surface area contributed by atoms with Crippen molar-refractivity contribution in [1.82, 2.24) is 0 Å². The normalized spacial score (nSPS) is 10.5. The Bertz CT molecular complexity index is 924. The minimum atomic E-state index is 0.386. The first-order valence-corrected chi connectivity index (χ1v) is 9.29. The largest absolute Gasteiger partial charge is 0.493 e. The first-order chi connectivity index (χ1) is 13.1. The summed E-state index contributed by atoms with van der Waals surface area (Å²) >= 11 is 6.25. The first-order valence-electron chi connectivity index (χ1n) is 8.91. The summed E-state index contributed by atoms with van der Waals surface area (Å²) in [6, 6.07) is 20.0. The van der Waals surface area contributed by atoms with Crippen molar-refractivity contribution in [3.63, 3.8) is 0 Å². The van der Waals surface area contributed by atoms with Crippen LogP contribution in [0.5, 0.6) is 11.5 Å². The third-order valence-electron chi connectivity index (χ3n) is 4.60. The number of hydrogen-bond donors (Lipinski definition) is 1. The third kappa shape index (κ3) is 4.75. The number of aryl methyl sites for hydroxylation is 2. The van der Waals surface area contributed by atoms with Gasteiger partial charge in [0.25, 0.3) is 0 Å². The van der Waals surface area contributed by atoms with Crippen LogP contribution in [-0.2, 0) is 13.2 Å². The second kappa shape index (κ2) is 8.83. The second-order valence-electron chi connectivity index (χ2n) is 6.48. The topological polar surface area (TPSA) is 30.5 Å². The molecule has 27 heavy (non-hydrogen) atoms. The smallest absolute Gasteiger partial charge is 0.166 e. The molecule has 0 aliphatic carbocycles. The summed E-state index contributed by atoms with van der Waals surface area (Å²) in [5.74, 6) is 1.44. The molecule has 0 fully saturated rings. The highest BCUT2D eigenvalue weighted by Gasteiger charge is 2.12. The van der Waals surface area contributed by atoms with Gasteiger partial charge in [-0.15, -0.1) is 0 Å². The van der Waals surface area contributed by atoms with E-state index < -0.39 is 0 Å². The van der Waals surface area contributed by atoms with Crippen LogP contribution >= 0.6 is 11.6 Å². The molecule has 4 heteroatoms. The average Bonchev–Trinajstić information content (AvgIpc) is 2.68. The Hall–Kier alpha value is -2.65. The average molecular weight is 382 g/mol. The lowest BCUT2D eigenvalue weighted by Gasteiger charge is -2.17. The molecular formula is C23H24ClNO2. The van der Waals surface area contributed by atoms with Crippen molar-refractivity contribution in [3.8, 4) is 11.5 Å². The Labute approximate surface area is 165 Å². The number of hydrogen-bond acceptors (Lipinski definition) is 3. The van der Waals surface area contributed by atoms with Crippen LogP contribution in [0.4, 0.5) is 5.69 Å². The molecule has 3 rings (SSSR count). The van der Waals surface area contributed by atoms with Crippen LogP contribution in [0.1, 0.15) is 22.3 Å². The van der Waals surface area contributed by atoms with Crippen molar-refractivity contribution in [1.29, 1.82) is 0 Å². The molecule has 3 aromatic carbocycles. The van der Waals surface area contributed by atoms with Crippen molar-refractivity contribution < 1.29 is 9.47 Å². The highest BCUT2D eigenvalue weighted by molar-refractivity contribution is 6.31. The summed E-state index contributed by atoms with van der Waals surface area (Å²) in [6.07, 6.45) is 0. The van der Waals surface area contributed by atoms with Crippen LogP contribution in [0.15, 0.2) is 60.7 Å². The summed E-state index contributed by atoms with van der Waals surface area (Å²) in [4.78, 5) is 0. The Morgan fingerprint density at radius 1 is 0.889 bits per heavy atom. The molecule has 3 nitrogen and oxygen atoms in total. The molecular weight excluding hydrogens is 358 g/mol. The molecule has 0 bridgehead atoms. The molecule has 0 aliphatic heterocycles. The molecule has 1 N–H and O–H groups in total. The van der Waals surface area contributed by atoms with E-state index >= 15 is 0 Å². The summed E-state index contributed by atoms with van der Waals surface area (Å²) in [5.41, 5.74) is 5.60. The van der Waals surface area contributed by atoms with Gasteiger partial charge in [-0.05, 0) is 49.2 Å². The van der Waals surface area contributed by atoms with Crippen molar-refractivity contribution >= 4 is 17.3 Å². The van der Waals surface area contributed by atoms with Gasteiger partial charge in [0.15, 0.2) is 11.5 Å². The van der Waals surface area contributed by atoms with E-state index in [9.17, 15) is 0 Å². The Morgan fingerprint density at radius 2 is 1.67 bits per heavy atom. The van der Waals surface area contributed by atoms with E-state index in [0.717, 1.165) is 22.6 Å². The van der Waals surface area contributed by atoms with Crippen LogP contribution in [0.2, 0.25) is 5.02 Å². The van der Waals surface area contributed by atoms with Crippen molar-refractivity contribution in [2.45, 2.75) is 27.0 Å². The van der Waals surface area contributed by atoms with Gasteiger partial charge in [0.05, 0.1) is 7.11 Å². The zero-order valence-electron chi connectivity index (χ0n) is 15.9. The van der Waals surface area contributed by atoms with E-state index in [1.807, 2.05) is 42.5 Å². The Balaban J connectivity index is 1.78. The van der Waals surface area contributed by atoms with E-state index in [-0.39, 0.29) is 0 Å². The molecule has 0 heterocycles. The van der Waals surface area contributed by atoms with Gasteiger partial charge in [0.1, 0.15) is 6.61 Å². The number of rotatable bonds is 7. The first kappa shape index (κ1) is 19.1. The molecule has 3 aromatic rings. The predicted octanol–water partition coefficient (Wildman–Crippen LogP) is 6.16. The van der Waals surface area contributed by atoms with Crippen LogP contribution in [0, 0.1) is 13.8 Å². The van der Waals surface area contributed by atoms with Gasteiger partial charge in [-0.1, -0.05) is 48.0 Å². The lowest BCUT2D eigenvalue weighted by molar-refractivity contribution is 0.282. The van der Waals surface area contributed by atoms with Gasteiger partial charge in [-0.3, -0.25) is 0 Å². The van der Waals surface area contributed by atoms with Gasteiger partial charge in [-0.2, -0.15) is 0 Å². The lowest BCUT2D eigenvalue weighted by atomic mass is 10.1. The van der Waals surface area contributed by atoms with E-state index in [4.69, 9.17) is 21.1 Å². The lowest BCUT2D eigenvalue weighted by Crippen LogP contribution is -2.05. The maximum Gasteiger partial charge on any atom is 0.166 e. The molecule has 0 aliphatic rings. The second-order valence-corrected chi connectivity index (χ2v) is 6.89. The van der Waals surface area contributed by atoms with Crippen LogP contribution in [-0.4, -0.2) is 7.11 Å². The molecule has 0 unspecified atom stereocenters. The minimum Gasteiger partial charge on any atom is -0.493 e. The van der Waals surface area contributed by atoms with Gasteiger partial charge >= 0.3 is 0 Å². The van der Waals surface area contributed by atoms with Crippen molar-refractivity contribution in [2.24, 2.45) is 0 Å². The molecule has 140 valence electrons. The predicted molar refractivity (Wildman–Crippen MR) is 112 cm³/mol. The number of nitrogens with one attached hydrogen (secondary N) is 1. The number of anilines is 1. The van der Waals surface area contributed by atoms with E-state index in [1.54, 1.807) is 7.11 Å². The zero-order valence-corrected chi connectivity index (χ0v) is 16.6. The zero-order chi connectivity index (χ0) is 19.2. The quantitative estimate of drug-likeness (QED) is 0.531. The van der Waals surface area contributed by atoms with Gasteiger partial charge in [0, 0.05) is 28.4 Å². The number of benzene rings is 3. The van der Waals surface area contributed by atoms with E-state index in [2.05, 4.69) is 37.4 Å². The molecule has 0 amide bonds. The number of para-hydroxylation sites is 1. The van der Waals surface area contributed by atoms with E-state index in [1.165, 1.54) is 11.1 Å². The van der Waals surface area contributed by atoms with E-state index in [0.29, 0.717) is 23.9 Å². The molecule has 0 aromatic heterocycles. The maximum atomic E-state index is 6.25. The molecule has 0 spiro atoms. The molecule has 0 saturated heterocycles. The highest BCUT2D eigenvalue weighted by Crippen LogP contribution is 2.33. The summed E-state index contributed by atoms with van der Waals surface area (Å²) in [5, 5.41) is 4.17. The fraction of sp³-hybridized carbons (Fsp3) is 0.217. The third-order valence-corrected chi connectivity index (χ3v) is 4.97. The fourth-order valence-electron chi connectivity index (χ4n) is 2.84. The summed E-state index contributed by atoms with van der Waals surface area (Å²) in [6.45, 7) is 5.25. The van der Waals surface area contributed by atoms with Crippen molar-refractivity contribution in [3.05, 3.63) is 87.9 Å². The van der Waals surface area contributed by atoms with Gasteiger partial charge < -0.3 is 14.8 Å². The van der Waals surface area contributed by atoms with Crippen LogP contribution in [0.3, 0.4) is 0 Å². The van der Waals surface area contributed by atoms with Crippen LogP contribution in [0.25, 0.3) is 0 Å². The molecule has 0 atom stereocenters. The van der Waals surface area contributed by atoms with Crippen LogP contribution < -0.4 is 14.8 Å². The van der Waals surface area contributed by atoms with Gasteiger partial charge in [-0.25, -0.2) is 0 Å². The summed E-state index contributed by atoms with van der Waals surface area (Å²) in [7, 11) is 1.65. The molecule has 0 saturated carbocycles. The maximum absolute atomic E-state index is 6.25. The fourth-order valence-corrected chi connectivity index (χ4v) is 3.03. The molecule has 0 radical (unpaired) electrons. The highest BCUT2D eigenvalue weighted by atomic mass is 35.5. The number of methoxy groups -OCH3 is 1. The van der Waals surface area contributed by atoms with Gasteiger partial charge in [0.2, 0.25) is 0 Å². The monoisotopic (exact) mass is 381 g/mol. The standard InChI is InChI=1S/C23H24ClNO2/c1-16-11-12-20(13-17(16)2)25-14-18-8-6-10-22(26-3)23(18)27-15-19-7-4-5-9-21(19)24/h4-13,25H,14-15H2,1-3H3. The summed E-state index contributed by atoms with van der Waals surface area (Å²) < 4.78 is 11.6. The Morgan fingerprint density at radius 3 is 2.41 bits per heavy atom. The van der Waals surface area contributed by atoms with Crippen molar-refractivity contribution in [2.75, 3.05) is 12.4 Å². The minimum absolute atomic E-state index is 0.386. The Kier molecular flexibility index (Phi) is 6.25. The number of halogens is 1. The SMILES string of the molecule is COc1cccc(CNc2ccc(C)c(C)c2)c1OCc1ccccc1Cl.